The quantitative estimate of drug-likeness (QED) is 0.764. The molecule has 0 saturated carbocycles. The molecule has 0 bridgehead atoms. The molecule has 0 heterocycles. The van der Waals surface area contributed by atoms with E-state index in [1.165, 1.54) is 17.7 Å². The molecule has 0 aliphatic heterocycles. The summed E-state index contributed by atoms with van der Waals surface area (Å²) in [6.07, 6.45) is 1.69. The lowest BCUT2D eigenvalue weighted by atomic mass is 10.1. The molecule has 1 aromatic carbocycles. The van der Waals surface area contributed by atoms with Gasteiger partial charge in [0.15, 0.2) is 0 Å². The molecule has 62 valence electrons. The predicted octanol–water partition coefficient (Wildman–Crippen LogP) is 2.59. The van der Waals surface area contributed by atoms with Gasteiger partial charge in [0.05, 0.1) is 5.56 Å². The van der Waals surface area contributed by atoms with Crippen LogP contribution in [0.1, 0.15) is 15.9 Å². The van der Waals surface area contributed by atoms with Crippen LogP contribution in [0.4, 0.5) is 0 Å². The maximum Gasteiger partial charge on any atom is 0.335 e. The minimum Gasteiger partial charge on any atom is -0.478 e. The molecule has 0 fully saturated rings. The number of carboxylic acids is 1. The minimum absolute atomic E-state index is 0.279. The van der Waals surface area contributed by atoms with Crippen LogP contribution in [0.25, 0.3) is 6.08 Å². The van der Waals surface area contributed by atoms with Gasteiger partial charge in [-0.25, -0.2) is 4.79 Å². The van der Waals surface area contributed by atoms with E-state index in [1.54, 1.807) is 18.2 Å². The van der Waals surface area contributed by atoms with Crippen LogP contribution in [0.15, 0.2) is 29.8 Å². The SMILES string of the molecule is O=C(O)c1ccc(/C=C\Cl)cc1. The summed E-state index contributed by atoms with van der Waals surface area (Å²) in [5, 5.41) is 8.56. The fourth-order valence-electron chi connectivity index (χ4n) is 0.810. The lowest BCUT2D eigenvalue weighted by Gasteiger charge is -1.94. The summed E-state index contributed by atoms with van der Waals surface area (Å²) in [6, 6.07) is 6.47. The molecule has 0 radical (unpaired) electrons. The third-order valence-electron chi connectivity index (χ3n) is 1.41. The fourth-order valence-corrected chi connectivity index (χ4v) is 0.955. The Kier molecular flexibility index (Phi) is 2.88. The average molecular weight is 183 g/mol. The zero-order valence-electron chi connectivity index (χ0n) is 6.20. The molecule has 0 aliphatic carbocycles. The van der Waals surface area contributed by atoms with E-state index in [0.29, 0.717) is 0 Å². The fraction of sp³-hybridized carbons (Fsp3) is 0. The summed E-state index contributed by atoms with van der Waals surface area (Å²) in [5.41, 5.74) is 2.55. The van der Waals surface area contributed by atoms with Crippen molar-refractivity contribution in [3.63, 3.8) is 0 Å². The van der Waals surface area contributed by atoms with Crippen LogP contribution < -0.4 is 0 Å². The van der Waals surface area contributed by atoms with Gasteiger partial charge in [-0.1, -0.05) is 23.7 Å². The Hall–Kier alpha value is -1.28. The molecule has 0 aromatic heterocycles. The summed E-state index contributed by atoms with van der Waals surface area (Å²) < 4.78 is 0. The number of hydrogen-bond donors (Lipinski definition) is 1. The highest BCUT2D eigenvalue weighted by Gasteiger charge is 1.99. The third-order valence-corrected chi connectivity index (χ3v) is 1.54. The first-order valence-corrected chi connectivity index (χ1v) is 3.78. The standard InChI is InChI=1S/C9H7ClO2/c10-6-5-7-1-3-8(4-2-7)9(11)12/h1-6H,(H,11,12)/b6-5-. The van der Waals surface area contributed by atoms with Crippen molar-refractivity contribution >= 4 is 23.6 Å². The van der Waals surface area contributed by atoms with Crippen LogP contribution in [-0.4, -0.2) is 11.1 Å². The van der Waals surface area contributed by atoms with Crippen LogP contribution in [0.5, 0.6) is 0 Å². The minimum atomic E-state index is -0.920. The number of rotatable bonds is 2. The topological polar surface area (TPSA) is 37.3 Å². The van der Waals surface area contributed by atoms with Gasteiger partial charge in [0, 0.05) is 5.54 Å². The van der Waals surface area contributed by atoms with Crippen molar-refractivity contribution in [2.75, 3.05) is 0 Å². The van der Waals surface area contributed by atoms with Crippen molar-refractivity contribution in [3.05, 3.63) is 40.9 Å². The van der Waals surface area contributed by atoms with Crippen molar-refractivity contribution < 1.29 is 9.90 Å². The van der Waals surface area contributed by atoms with Crippen molar-refractivity contribution in [2.45, 2.75) is 0 Å². The highest BCUT2D eigenvalue weighted by atomic mass is 35.5. The van der Waals surface area contributed by atoms with Gasteiger partial charge in [-0.05, 0) is 23.8 Å². The molecule has 0 unspecified atom stereocenters. The van der Waals surface area contributed by atoms with Gasteiger partial charge in [-0.2, -0.15) is 0 Å². The maximum absolute atomic E-state index is 10.4. The second-order valence-electron chi connectivity index (χ2n) is 2.22. The number of carboxylic acid groups (broad SMARTS) is 1. The molecule has 0 saturated heterocycles. The molecule has 1 aromatic rings. The Balaban J connectivity index is 2.93. The van der Waals surface area contributed by atoms with E-state index in [4.69, 9.17) is 16.7 Å². The van der Waals surface area contributed by atoms with Gasteiger partial charge >= 0.3 is 5.97 Å². The van der Waals surface area contributed by atoms with Crippen molar-refractivity contribution in [3.8, 4) is 0 Å². The van der Waals surface area contributed by atoms with Gasteiger partial charge in [0.1, 0.15) is 0 Å². The Morgan fingerprint density at radius 1 is 1.33 bits per heavy atom. The van der Waals surface area contributed by atoms with E-state index in [2.05, 4.69) is 0 Å². The molecule has 1 N–H and O–H groups in total. The van der Waals surface area contributed by atoms with Gasteiger partial charge in [-0.15, -0.1) is 0 Å². The Morgan fingerprint density at radius 2 is 1.92 bits per heavy atom. The van der Waals surface area contributed by atoms with Gasteiger partial charge in [-0.3, -0.25) is 0 Å². The zero-order valence-corrected chi connectivity index (χ0v) is 6.95. The summed E-state index contributed by atoms with van der Waals surface area (Å²) >= 11 is 5.34. The number of carbonyl (C=O) groups is 1. The summed E-state index contributed by atoms with van der Waals surface area (Å²) in [5.74, 6) is -0.920. The molecular weight excluding hydrogens is 176 g/mol. The normalized spacial score (nSPS) is 10.4. The molecule has 0 atom stereocenters. The Morgan fingerprint density at radius 3 is 2.33 bits per heavy atom. The molecular formula is C9H7ClO2. The Labute approximate surface area is 75.1 Å². The summed E-state index contributed by atoms with van der Waals surface area (Å²) in [4.78, 5) is 10.4. The Bertz CT molecular complexity index is 301. The second-order valence-corrected chi connectivity index (χ2v) is 2.47. The number of benzene rings is 1. The first-order chi connectivity index (χ1) is 5.74. The lowest BCUT2D eigenvalue weighted by molar-refractivity contribution is 0.0697. The lowest BCUT2D eigenvalue weighted by Crippen LogP contribution is -1.94. The smallest absolute Gasteiger partial charge is 0.335 e. The van der Waals surface area contributed by atoms with E-state index >= 15 is 0 Å². The van der Waals surface area contributed by atoms with Crippen molar-refractivity contribution in [1.82, 2.24) is 0 Å². The van der Waals surface area contributed by atoms with Gasteiger partial charge < -0.3 is 5.11 Å². The zero-order chi connectivity index (χ0) is 8.97. The van der Waals surface area contributed by atoms with Crippen LogP contribution in [-0.2, 0) is 0 Å². The molecule has 0 aliphatic rings. The van der Waals surface area contributed by atoms with Crippen LogP contribution in [0.3, 0.4) is 0 Å². The first kappa shape index (κ1) is 8.81. The number of hydrogen-bond acceptors (Lipinski definition) is 1. The molecule has 1 rings (SSSR count). The summed E-state index contributed by atoms with van der Waals surface area (Å²) in [6.45, 7) is 0. The van der Waals surface area contributed by atoms with Crippen LogP contribution >= 0.6 is 11.6 Å². The van der Waals surface area contributed by atoms with Crippen LogP contribution in [0, 0.1) is 0 Å². The van der Waals surface area contributed by atoms with E-state index in [-0.39, 0.29) is 5.56 Å². The molecule has 0 amide bonds. The highest BCUT2D eigenvalue weighted by molar-refractivity contribution is 6.27. The first-order valence-electron chi connectivity index (χ1n) is 3.34. The maximum atomic E-state index is 10.4. The van der Waals surface area contributed by atoms with E-state index in [0.717, 1.165) is 5.56 Å². The monoisotopic (exact) mass is 182 g/mol. The number of aromatic carboxylic acids is 1. The molecule has 2 nitrogen and oxygen atoms in total. The van der Waals surface area contributed by atoms with Crippen molar-refractivity contribution in [1.29, 1.82) is 0 Å². The van der Waals surface area contributed by atoms with E-state index in [1.807, 2.05) is 0 Å². The predicted molar refractivity (Wildman–Crippen MR) is 48.3 cm³/mol. The highest BCUT2D eigenvalue weighted by Crippen LogP contribution is 2.06. The average Bonchev–Trinajstić information content (AvgIpc) is 2.06. The van der Waals surface area contributed by atoms with Crippen molar-refractivity contribution in [2.24, 2.45) is 0 Å². The van der Waals surface area contributed by atoms with E-state index in [9.17, 15) is 4.79 Å². The molecule has 12 heavy (non-hydrogen) atoms. The largest absolute Gasteiger partial charge is 0.478 e. The molecule has 3 heteroatoms. The van der Waals surface area contributed by atoms with Gasteiger partial charge in [0.25, 0.3) is 0 Å². The van der Waals surface area contributed by atoms with Gasteiger partial charge in [0.2, 0.25) is 0 Å². The number of halogens is 1. The van der Waals surface area contributed by atoms with Crippen LogP contribution in [0.2, 0.25) is 0 Å². The summed E-state index contributed by atoms with van der Waals surface area (Å²) in [7, 11) is 0. The van der Waals surface area contributed by atoms with E-state index < -0.39 is 5.97 Å². The molecule has 0 spiro atoms. The third kappa shape index (κ3) is 2.10. The second kappa shape index (κ2) is 3.93.